The smallest absolute Gasteiger partial charge is 0.247 e. The third kappa shape index (κ3) is 5.73. The highest BCUT2D eigenvalue weighted by atomic mass is 19.1. The first-order valence-corrected chi connectivity index (χ1v) is 12.2. The standard InChI is InChI=1S/C28H28FN7O/c1-2-26(37)32-22-7-3-5-20(17-22)24-8-4-6-21-18-31-28(34-27(21)24)33-25-10-9-23(19-30-25)36-15-13-35(12-11-29)14-16-36/h2-10,17-19H,1,11-16H2,(H,32,37)(H,30,31,33,34). The molecule has 0 radical (unpaired) electrons. The number of aromatic nitrogens is 3. The molecule has 2 aromatic heterocycles. The van der Waals surface area contributed by atoms with E-state index in [2.05, 4.69) is 37.0 Å². The Bertz CT molecular complexity index is 1400. The lowest BCUT2D eigenvalue weighted by molar-refractivity contribution is -0.111. The van der Waals surface area contributed by atoms with Crippen LogP contribution in [-0.4, -0.2) is 65.2 Å². The van der Waals surface area contributed by atoms with Gasteiger partial charge < -0.3 is 15.5 Å². The van der Waals surface area contributed by atoms with Crippen molar-refractivity contribution in [3.63, 3.8) is 0 Å². The third-order valence-corrected chi connectivity index (χ3v) is 6.36. The number of alkyl halides is 1. The molecule has 1 fully saturated rings. The van der Waals surface area contributed by atoms with E-state index in [1.807, 2.05) is 60.8 Å². The second kappa shape index (κ2) is 11.1. The Labute approximate surface area is 214 Å². The Hall–Kier alpha value is -4.37. The van der Waals surface area contributed by atoms with Crippen LogP contribution < -0.4 is 15.5 Å². The van der Waals surface area contributed by atoms with Gasteiger partial charge >= 0.3 is 0 Å². The molecule has 5 rings (SSSR count). The molecule has 1 saturated heterocycles. The zero-order chi connectivity index (χ0) is 25.6. The van der Waals surface area contributed by atoms with E-state index < -0.39 is 0 Å². The van der Waals surface area contributed by atoms with Crippen molar-refractivity contribution in [3.05, 3.63) is 79.6 Å². The van der Waals surface area contributed by atoms with E-state index in [0.29, 0.717) is 24.0 Å². The van der Waals surface area contributed by atoms with Gasteiger partial charge in [-0.1, -0.05) is 36.9 Å². The number of halogens is 1. The minimum Gasteiger partial charge on any atom is -0.368 e. The van der Waals surface area contributed by atoms with Crippen molar-refractivity contribution in [3.8, 4) is 11.1 Å². The fraction of sp³-hybridized carbons (Fsp3) is 0.214. The maximum Gasteiger partial charge on any atom is 0.247 e. The molecule has 9 heteroatoms. The third-order valence-electron chi connectivity index (χ3n) is 6.36. The van der Waals surface area contributed by atoms with Gasteiger partial charge in [-0.25, -0.2) is 19.3 Å². The Morgan fingerprint density at radius 1 is 1.03 bits per heavy atom. The molecule has 0 atom stereocenters. The second-order valence-electron chi connectivity index (χ2n) is 8.76. The Morgan fingerprint density at radius 3 is 2.62 bits per heavy atom. The molecular formula is C28H28FN7O. The Morgan fingerprint density at radius 2 is 1.86 bits per heavy atom. The van der Waals surface area contributed by atoms with Crippen molar-refractivity contribution < 1.29 is 9.18 Å². The van der Waals surface area contributed by atoms with Crippen molar-refractivity contribution in [2.45, 2.75) is 0 Å². The van der Waals surface area contributed by atoms with Crippen molar-refractivity contribution in [2.24, 2.45) is 0 Å². The van der Waals surface area contributed by atoms with Crippen LogP contribution >= 0.6 is 0 Å². The number of nitrogens with zero attached hydrogens (tertiary/aromatic N) is 5. The summed E-state index contributed by atoms with van der Waals surface area (Å²) in [5.41, 5.74) is 4.35. The molecule has 0 saturated carbocycles. The second-order valence-corrected chi connectivity index (χ2v) is 8.76. The molecule has 3 heterocycles. The SMILES string of the molecule is C=CC(=O)Nc1cccc(-c2cccc3cnc(Nc4ccc(N5CCN(CCF)CC5)cn4)nc23)c1. The van der Waals surface area contributed by atoms with Crippen molar-refractivity contribution in [1.29, 1.82) is 0 Å². The van der Waals surface area contributed by atoms with Gasteiger partial charge in [0.2, 0.25) is 11.9 Å². The van der Waals surface area contributed by atoms with Gasteiger partial charge in [-0.05, 0) is 35.9 Å². The van der Waals surface area contributed by atoms with Gasteiger partial charge in [0, 0.05) is 55.6 Å². The summed E-state index contributed by atoms with van der Waals surface area (Å²) in [4.78, 5) is 29.9. The van der Waals surface area contributed by atoms with Crippen LogP contribution in [0, 0.1) is 0 Å². The molecule has 4 aromatic rings. The van der Waals surface area contributed by atoms with Crippen LogP contribution in [0.15, 0.2) is 79.6 Å². The maximum absolute atomic E-state index is 12.6. The molecule has 0 unspecified atom stereocenters. The van der Waals surface area contributed by atoms with Gasteiger partial charge in [0.25, 0.3) is 0 Å². The van der Waals surface area contributed by atoms with E-state index in [1.165, 1.54) is 6.08 Å². The number of fused-ring (bicyclic) bond motifs is 1. The summed E-state index contributed by atoms with van der Waals surface area (Å²) < 4.78 is 12.6. The van der Waals surface area contributed by atoms with Crippen LogP contribution in [0.5, 0.6) is 0 Å². The predicted octanol–water partition coefficient (Wildman–Crippen LogP) is 4.65. The first-order valence-electron chi connectivity index (χ1n) is 12.2. The number of hydrogen-bond acceptors (Lipinski definition) is 7. The van der Waals surface area contributed by atoms with Crippen molar-refractivity contribution in [1.82, 2.24) is 19.9 Å². The van der Waals surface area contributed by atoms with Crippen LogP contribution in [0.25, 0.3) is 22.0 Å². The van der Waals surface area contributed by atoms with Crippen LogP contribution in [-0.2, 0) is 4.79 Å². The minimum absolute atomic E-state index is 0.263. The quantitative estimate of drug-likeness (QED) is 0.343. The first-order chi connectivity index (χ1) is 18.1. The van der Waals surface area contributed by atoms with Gasteiger partial charge in [-0.15, -0.1) is 0 Å². The summed E-state index contributed by atoms with van der Waals surface area (Å²) in [5.74, 6) is 0.823. The minimum atomic E-state index is -0.305. The fourth-order valence-corrected chi connectivity index (χ4v) is 4.42. The molecule has 188 valence electrons. The number of hydrogen-bond donors (Lipinski definition) is 2. The molecule has 8 nitrogen and oxygen atoms in total. The molecule has 2 N–H and O–H groups in total. The van der Waals surface area contributed by atoms with Crippen molar-refractivity contribution in [2.75, 3.05) is 54.9 Å². The molecule has 0 aliphatic carbocycles. The zero-order valence-corrected chi connectivity index (χ0v) is 20.4. The van der Waals surface area contributed by atoms with Crippen molar-refractivity contribution >= 4 is 40.0 Å². The largest absolute Gasteiger partial charge is 0.368 e. The lowest BCUT2D eigenvalue weighted by Gasteiger charge is -2.35. The average molecular weight is 498 g/mol. The van der Waals surface area contributed by atoms with Crippen LogP contribution in [0.3, 0.4) is 0 Å². The summed E-state index contributed by atoms with van der Waals surface area (Å²) in [5, 5.41) is 6.90. The van der Waals surface area contributed by atoms with E-state index in [4.69, 9.17) is 4.98 Å². The summed E-state index contributed by atoms with van der Waals surface area (Å²) in [6, 6.07) is 17.5. The summed E-state index contributed by atoms with van der Waals surface area (Å²) in [7, 11) is 0. The van der Waals surface area contributed by atoms with E-state index >= 15 is 0 Å². The number of pyridine rings is 1. The monoisotopic (exact) mass is 497 g/mol. The molecule has 0 bridgehead atoms. The van der Waals surface area contributed by atoms with E-state index in [9.17, 15) is 9.18 Å². The van der Waals surface area contributed by atoms with Gasteiger partial charge in [0.15, 0.2) is 0 Å². The first kappa shape index (κ1) is 24.3. The molecule has 2 aromatic carbocycles. The predicted molar refractivity (Wildman–Crippen MR) is 146 cm³/mol. The highest BCUT2D eigenvalue weighted by molar-refractivity contribution is 6.00. The molecule has 0 spiro atoms. The number of anilines is 4. The number of amides is 1. The van der Waals surface area contributed by atoms with Crippen LogP contribution in [0.1, 0.15) is 0 Å². The van der Waals surface area contributed by atoms with Gasteiger partial charge in [0.05, 0.1) is 17.4 Å². The number of carbonyl (C=O) groups is 1. The van der Waals surface area contributed by atoms with E-state index in [1.54, 1.807) is 6.20 Å². The molecule has 1 aliphatic heterocycles. The fourth-order valence-electron chi connectivity index (χ4n) is 4.42. The van der Waals surface area contributed by atoms with Gasteiger partial charge in [-0.2, -0.15) is 0 Å². The Balaban J connectivity index is 1.34. The molecule has 37 heavy (non-hydrogen) atoms. The van der Waals surface area contributed by atoms with Crippen LogP contribution in [0.4, 0.5) is 27.5 Å². The summed E-state index contributed by atoms with van der Waals surface area (Å²) in [6.45, 7) is 7.10. The lowest BCUT2D eigenvalue weighted by atomic mass is 10.0. The molecule has 1 amide bonds. The maximum atomic E-state index is 12.6. The molecule has 1 aliphatic rings. The normalized spacial score (nSPS) is 13.9. The topological polar surface area (TPSA) is 86.3 Å². The average Bonchev–Trinajstić information content (AvgIpc) is 2.94. The highest BCUT2D eigenvalue weighted by Gasteiger charge is 2.17. The molecular weight excluding hydrogens is 469 g/mol. The number of carbonyl (C=O) groups excluding carboxylic acids is 1. The highest BCUT2D eigenvalue weighted by Crippen LogP contribution is 2.30. The van der Waals surface area contributed by atoms with E-state index in [-0.39, 0.29) is 12.6 Å². The summed E-state index contributed by atoms with van der Waals surface area (Å²) in [6.07, 6.45) is 4.86. The zero-order valence-electron chi connectivity index (χ0n) is 20.4. The lowest BCUT2D eigenvalue weighted by Crippen LogP contribution is -2.47. The van der Waals surface area contributed by atoms with Gasteiger partial charge in [-0.3, -0.25) is 9.69 Å². The number of para-hydroxylation sites is 1. The number of nitrogens with one attached hydrogen (secondary N) is 2. The summed E-state index contributed by atoms with van der Waals surface area (Å²) >= 11 is 0. The number of piperazine rings is 1. The Kier molecular flexibility index (Phi) is 7.32. The number of rotatable bonds is 8. The number of benzene rings is 2. The van der Waals surface area contributed by atoms with Gasteiger partial charge in [0.1, 0.15) is 12.5 Å². The van der Waals surface area contributed by atoms with E-state index in [0.717, 1.165) is 53.9 Å². The van der Waals surface area contributed by atoms with Crippen LogP contribution in [0.2, 0.25) is 0 Å².